The lowest BCUT2D eigenvalue weighted by Crippen LogP contribution is -2.48. The third-order valence-corrected chi connectivity index (χ3v) is 3.80. The highest BCUT2D eigenvalue weighted by Crippen LogP contribution is 2.33. The Bertz CT molecular complexity index is 836. The van der Waals surface area contributed by atoms with E-state index in [1.807, 2.05) is 0 Å². The number of carboxylic acids is 1. The van der Waals surface area contributed by atoms with Crippen molar-refractivity contribution in [3.05, 3.63) is 41.7 Å². The zero-order chi connectivity index (χ0) is 18.9. The van der Waals surface area contributed by atoms with Crippen LogP contribution in [0.15, 0.2) is 30.5 Å². The molecule has 8 nitrogen and oxygen atoms in total. The molecule has 11 heteroatoms. The van der Waals surface area contributed by atoms with Crippen LogP contribution in [0.2, 0.25) is 0 Å². The summed E-state index contributed by atoms with van der Waals surface area (Å²) in [6, 6.07) is 4.77. The second-order valence-electron chi connectivity index (χ2n) is 5.51. The fourth-order valence-corrected chi connectivity index (χ4v) is 2.54. The number of amides is 1. The maximum Gasteiger partial charge on any atom is 0.418 e. The number of nitrogens with zero attached hydrogens (tertiary/aromatic N) is 4. The van der Waals surface area contributed by atoms with E-state index in [1.54, 1.807) is 0 Å². The molecule has 1 atom stereocenters. The molecule has 3 rings (SSSR count). The summed E-state index contributed by atoms with van der Waals surface area (Å²) in [5.74, 6) is -1.83. The minimum atomic E-state index is -4.59. The first kappa shape index (κ1) is 17.9. The first-order chi connectivity index (χ1) is 12.3. The molecule has 2 aromatic rings. The van der Waals surface area contributed by atoms with Crippen LogP contribution < -0.4 is 0 Å². The van der Waals surface area contributed by atoms with Gasteiger partial charge in [0.25, 0.3) is 5.91 Å². The number of hydrogen-bond donors (Lipinski definition) is 1. The highest BCUT2D eigenvalue weighted by Gasteiger charge is 2.35. The molecule has 1 unspecified atom stereocenters. The van der Waals surface area contributed by atoms with Gasteiger partial charge < -0.3 is 14.7 Å². The second-order valence-corrected chi connectivity index (χ2v) is 5.51. The summed E-state index contributed by atoms with van der Waals surface area (Å²) >= 11 is 0. The van der Waals surface area contributed by atoms with Crippen molar-refractivity contribution >= 4 is 11.9 Å². The van der Waals surface area contributed by atoms with Gasteiger partial charge in [-0.1, -0.05) is 17.3 Å². The van der Waals surface area contributed by atoms with E-state index in [0.29, 0.717) is 0 Å². The molecular weight excluding hydrogens is 357 g/mol. The Morgan fingerprint density at radius 3 is 2.69 bits per heavy atom. The van der Waals surface area contributed by atoms with Crippen LogP contribution in [0.25, 0.3) is 5.69 Å². The number of halogens is 3. The Balaban J connectivity index is 1.85. The molecule has 0 radical (unpaired) electrons. The van der Waals surface area contributed by atoms with Gasteiger partial charge in [0, 0.05) is 6.54 Å². The Morgan fingerprint density at radius 2 is 2.00 bits per heavy atom. The van der Waals surface area contributed by atoms with Crippen molar-refractivity contribution in [3.8, 4) is 5.69 Å². The van der Waals surface area contributed by atoms with Crippen LogP contribution in [0.4, 0.5) is 13.2 Å². The van der Waals surface area contributed by atoms with E-state index in [1.165, 1.54) is 23.1 Å². The molecule has 1 N–H and O–H groups in total. The molecule has 1 fully saturated rings. The number of alkyl halides is 3. The zero-order valence-corrected chi connectivity index (χ0v) is 13.2. The Hall–Kier alpha value is -2.95. The van der Waals surface area contributed by atoms with Gasteiger partial charge in [-0.15, -0.1) is 5.10 Å². The highest BCUT2D eigenvalue weighted by atomic mass is 19.4. The smallest absolute Gasteiger partial charge is 0.418 e. The molecule has 0 spiro atoms. The van der Waals surface area contributed by atoms with Crippen molar-refractivity contribution in [3.63, 3.8) is 0 Å². The molecule has 26 heavy (non-hydrogen) atoms. The molecule has 1 amide bonds. The van der Waals surface area contributed by atoms with Gasteiger partial charge in [-0.25, -0.2) is 9.48 Å². The Labute approximate surface area is 144 Å². The lowest BCUT2D eigenvalue weighted by atomic mass is 10.1. The second kappa shape index (κ2) is 6.75. The Morgan fingerprint density at radius 1 is 1.27 bits per heavy atom. The fraction of sp³-hybridized carbons (Fsp3) is 0.333. The molecule has 0 bridgehead atoms. The minimum Gasteiger partial charge on any atom is -0.479 e. The van der Waals surface area contributed by atoms with E-state index in [4.69, 9.17) is 9.84 Å². The van der Waals surface area contributed by atoms with Gasteiger partial charge in [0.1, 0.15) is 0 Å². The minimum absolute atomic E-state index is 0.0355. The van der Waals surface area contributed by atoms with Crippen molar-refractivity contribution in [2.24, 2.45) is 0 Å². The number of aliphatic carboxylic acids is 1. The predicted octanol–water partition coefficient (Wildman–Crippen LogP) is 1.21. The maximum atomic E-state index is 13.1. The van der Waals surface area contributed by atoms with Crippen LogP contribution >= 0.6 is 0 Å². The summed E-state index contributed by atoms with van der Waals surface area (Å²) in [7, 11) is 0. The monoisotopic (exact) mass is 370 g/mol. The number of carbonyl (C=O) groups is 2. The maximum absolute atomic E-state index is 13.1. The third kappa shape index (κ3) is 3.52. The highest BCUT2D eigenvalue weighted by molar-refractivity contribution is 5.92. The average Bonchev–Trinajstić information content (AvgIpc) is 3.10. The molecule has 1 saturated heterocycles. The number of hydrogen-bond acceptors (Lipinski definition) is 5. The number of ether oxygens (including phenoxy) is 1. The van der Waals surface area contributed by atoms with Crippen LogP contribution in [0.1, 0.15) is 16.1 Å². The fourth-order valence-electron chi connectivity index (χ4n) is 2.54. The van der Waals surface area contributed by atoms with Gasteiger partial charge in [-0.05, 0) is 12.1 Å². The molecule has 1 aromatic heterocycles. The number of benzene rings is 1. The van der Waals surface area contributed by atoms with E-state index >= 15 is 0 Å². The largest absolute Gasteiger partial charge is 0.479 e. The quantitative estimate of drug-likeness (QED) is 0.872. The van der Waals surface area contributed by atoms with Crippen LogP contribution in [0.3, 0.4) is 0 Å². The number of aromatic nitrogens is 3. The number of para-hydroxylation sites is 1. The van der Waals surface area contributed by atoms with Crippen molar-refractivity contribution in [1.29, 1.82) is 0 Å². The van der Waals surface area contributed by atoms with Crippen molar-refractivity contribution in [1.82, 2.24) is 19.9 Å². The van der Waals surface area contributed by atoms with Crippen LogP contribution in [0.5, 0.6) is 0 Å². The molecular formula is C15H13F3N4O4. The summed E-state index contributed by atoms with van der Waals surface area (Å²) in [6.45, 7) is 0.00251. The third-order valence-electron chi connectivity index (χ3n) is 3.80. The summed E-state index contributed by atoms with van der Waals surface area (Å²) in [6.07, 6.45) is -4.67. The van der Waals surface area contributed by atoms with Crippen molar-refractivity contribution in [2.75, 3.05) is 19.7 Å². The molecule has 138 valence electrons. The predicted molar refractivity (Wildman–Crippen MR) is 79.6 cm³/mol. The van der Waals surface area contributed by atoms with Crippen LogP contribution in [-0.2, 0) is 15.7 Å². The average molecular weight is 370 g/mol. The van der Waals surface area contributed by atoms with E-state index in [9.17, 15) is 22.8 Å². The first-order valence-electron chi connectivity index (χ1n) is 7.50. The topological polar surface area (TPSA) is 97.6 Å². The molecule has 1 aromatic carbocycles. The molecule has 0 saturated carbocycles. The van der Waals surface area contributed by atoms with E-state index in [-0.39, 0.29) is 31.1 Å². The molecule has 1 aliphatic rings. The van der Waals surface area contributed by atoms with Crippen molar-refractivity contribution in [2.45, 2.75) is 12.3 Å². The summed E-state index contributed by atoms with van der Waals surface area (Å²) in [4.78, 5) is 24.6. The van der Waals surface area contributed by atoms with E-state index < -0.39 is 29.7 Å². The van der Waals surface area contributed by atoms with Gasteiger partial charge in [-0.2, -0.15) is 13.2 Å². The Kier molecular flexibility index (Phi) is 4.64. The summed E-state index contributed by atoms with van der Waals surface area (Å²) in [5, 5.41) is 16.2. The standard InChI is InChI=1S/C15H13F3N4O4/c16-15(17,18)9-3-1-2-4-11(9)22-7-10(19-20-22)13(23)21-5-6-26-12(8-21)14(24)25/h1-4,7,12H,5-6,8H2,(H,24,25). The van der Waals surface area contributed by atoms with Gasteiger partial charge >= 0.3 is 12.1 Å². The van der Waals surface area contributed by atoms with Crippen LogP contribution in [-0.4, -0.2) is 62.7 Å². The SMILES string of the molecule is O=C(O)C1CN(C(=O)c2cn(-c3ccccc3C(F)(F)F)nn2)CCO1. The molecule has 0 aliphatic carbocycles. The van der Waals surface area contributed by atoms with E-state index in [0.717, 1.165) is 16.9 Å². The number of rotatable bonds is 3. The lowest BCUT2D eigenvalue weighted by molar-refractivity contribution is -0.154. The van der Waals surface area contributed by atoms with Gasteiger partial charge in [-0.3, -0.25) is 4.79 Å². The summed E-state index contributed by atoms with van der Waals surface area (Å²) in [5.41, 5.74) is -1.37. The number of carboxylic acid groups (broad SMARTS) is 1. The van der Waals surface area contributed by atoms with Gasteiger partial charge in [0.15, 0.2) is 11.8 Å². The molecule has 1 aliphatic heterocycles. The van der Waals surface area contributed by atoms with Gasteiger partial charge in [0.05, 0.1) is 30.6 Å². The lowest BCUT2D eigenvalue weighted by Gasteiger charge is -2.30. The van der Waals surface area contributed by atoms with E-state index in [2.05, 4.69) is 10.3 Å². The molecule has 2 heterocycles. The van der Waals surface area contributed by atoms with Gasteiger partial charge in [0.2, 0.25) is 0 Å². The number of carbonyl (C=O) groups excluding carboxylic acids is 1. The zero-order valence-electron chi connectivity index (χ0n) is 13.2. The van der Waals surface area contributed by atoms with Crippen molar-refractivity contribution < 1.29 is 32.6 Å². The number of morpholine rings is 1. The first-order valence-corrected chi connectivity index (χ1v) is 7.50. The normalized spacial score (nSPS) is 18.0. The van der Waals surface area contributed by atoms with Crippen LogP contribution in [0, 0.1) is 0 Å². The summed E-state index contributed by atoms with van der Waals surface area (Å²) < 4.78 is 45.2.